The second-order valence-corrected chi connectivity index (χ2v) is 6.70. The van der Waals surface area contributed by atoms with Gasteiger partial charge in [0, 0.05) is 19.5 Å². The number of rotatable bonds is 2. The summed E-state index contributed by atoms with van der Waals surface area (Å²) in [5, 5.41) is 10.5. The summed E-state index contributed by atoms with van der Waals surface area (Å²) in [7, 11) is 3.26. The molecule has 0 radical (unpaired) electrons. The van der Waals surface area contributed by atoms with E-state index in [1.807, 2.05) is 42.5 Å². The Balaban J connectivity index is 1.90. The van der Waals surface area contributed by atoms with Crippen LogP contribution in [0, 0.1) is 11.3 Å². The third-order valence-electron chi connectivity index (χ3n) is 4.57. The van der Waals surface area contributed by atoms with Gasteiger partial charge in [0.1, 0.15) is 5.92 Å². The van der Waals surface area contributed by atoms with Crippen LogP contribution in [0.3, 0.4) is 0 Å². The summed E-state index contributed by atoms with van der Waals surface area (Å²) < 4.78 is 39.5. The zero-order valence-electron chi connectivity index (χ0n) is 14.8. The number of hydrogen-bond donors (Lipinski definition) is 1. The molecule has 0 fully saturated rings. The molecule has 0 heterocycles. The van der Waals surface area contributed by atoms with Gasteiger partial charge in [0.05, 0.1) is 16.2 Å². The van der Waals surface area contributed by atoms with Crippen molar-refractivity contribution in [2.24, 2.45) is 5.92 Å². The summed E-state index contributed by atoms with van der Waals surface area (Å²) >= 11 is 5.08. The van der Waals surface area contributed by atoms with Crippen molar-refractivity contribution in [1.29, 1.82) is 5.41 Å². The highest BCUT2D eigenvalue weighted by molar-refractivity contribution is 7.80. The number of allylic oxidation sites excluding steroid dienone is 4. The van der Waals surface area contributed by atoms with Crippen LogP contribution < -0.4 is 4.90 Å². The molecule has 140 valence electrons. The van der Waals surface area contributed by atoms with Crippen molar-refractivity contribution < 1.29 is 13.2 Å². The van der Waals surface area contributed by atoms with Crippen LogP contribution in [-0.4, -0.2) is 36.0 Å². The lowest BCUT2D eigenvalue weighted by Crippen LogP contribution is -2.43. The smallest absolute Gasteiger partial charge is 0.315 e. The average molecular weight is 389 g/mol. The van der Waals surface area contributed by atoms with Crippen molar-refractivity contribution in [2.45, 2.75) is 6.18 Å². The molecule has 0 bridgehead atoms. The SMILES string of the molecule is CN(C(=N)N(C)c1cccc2ccccc12)C1=CC=CC(C(F)(F)F)C1=S. The number of halogens is 3. The monoisotopic (exact) mass is 389 g/mol. The van der Waals surface area contributed by atoms with Gasteiger partial charge < -0.3 is 9.80 Å². The highest BCUT2D eigenvalue weighted by Crippen LogP contribution is 2.34. The summed E-state index contributed by atoms with van der Waals surface area (Å²) in [5.74, 6) is -1.79. The van der Waals surface area contributed by atoms with Crippen molar-refractivity contribution in [1.82, 2.24) is 4.90 Å². The Morgan fingerprint density at radius 1 is 1.04 bits per heavy atom. The first-order valence-electron chi connectivity index (χ1n) is 8.25. The minimum atomic E-state index is -4.45. The van der Waals surface area contributed by atoms with Crippen LogP contribution in [0.1, 0.15) is 0 Å². The summed E-state index contributed by atoms with van der Waals surface area (Å²) in [6, 6.07) is 13.5. The van der Waals surface area contributed by atoms with E-state index in [2.05, 4.69) is 0 Å². The topological polar surface area (TPSA) is 30.3 Å². The molecule has 1 N–H and O–H groups in total. The molecule has 3 nitrogen and oxygen atoms in total. The molecule has 0 spiro atoms. The number of nitrogens with one attached hydrogen (secondary N) is 1. The maximum Gasteiger partial charge on any atom is 0.400 e. The van der Waals surface area contributed by atoms with Crippen molar-refractivity contribution in [3.05, 3.63) is 66.4 Å². The fourth-order valence-electron chi connectivity index (χ4n) is 3.08. The van der Waals surface area contributed by atoms with Crippen LogP contribution in [0.5, 0.6) is 0 Å². The lowest BCUT2D eigenvalue weighted by atomic mass is 9.96. The van der Waals surface area contributed by atoms with Crippen LogP contribution in [0.15, 0.2) is 66.4 Å². The van der Waals surface area contributed by atoms with Crippen molar-refractivity contribution in [2.75, 3.05) is 19.0 Å². The molecule has 1 aliphatic carbocycles. The Hall–Kier alpha value is -2.67. The minimum absolute atomic E-state index is 0.0242. The third-order valence-corrected chi connectivity index (χ3v) is 5.03. The number of fused-ring (bicyclic) bond motifs is 1. The minimum Gasteiger partial charge on any atom is -0.315 e. The Morgan fingerprint density at radius 3 is 2.41 bits per heavy atom. The van der Waals surface area contributed by atoms with Crippen LogP contribution in [0.4, 0.5) is 18.9 Å². The molecule has 0 aromatic heterocycles. The maximum absolute atomic E-state index is 13.2. The highest BCUT2D eigenvalue weighted by atomic mass is 32.1. The maximum atomic E-state index is 13.2. The van der Waals surface area contributed by atoms with E-state index in [1.54, 1.807) is 19.0 Å². The molecule has 1 atom stereocenters. The van der Waals surface area contributed by atoms with E-state index >= 15 is 0 Å². The quantitative estimate of drug-likeness (QED) is 0.438. The summed E-state index contributed by atoms with van der Waals surface area (Å²) in [6.45, 7) is 0. The van der Waals surface area contributed by atoms with Gasteiger partial charge >= 0.3 is 6.18 Å². The number of anilines is 1. The molecule has 1 unspecified atom stereocenters. The van der Waals surface area contributed by atoms with E-state index in [4.69, 9.17) is 17.6 Å². The van der Waals surface area contributed by atoms with E-state index in [1.165, 1.54) is 17.1 Å². The number of alkyl halides is 3. The molecular weight excluding hydrogens is 371 g/mol. The largest absolute Gasteiger partial charge is 0.400 e. The standard InChI is InChI=1S/C20H18F3N3S/c1-25(16-11-5-8-13-7-3-4-9-14(13)16)19(24)26(2)17-12-6-10-15(18(17)27)20(21,22)23/h3-12,15,24H,1-2H3. The van der Waals surface area contributed by atoms with E-state index < -0.39 is 12.1 Å². The summed E-state index contributed by atoms with van der Waals surface area (Å²) in [5.41, 5.74) is 0.988. The van der Waals surface area contributed by atoms with Crippen LogP contribution in [0.2, 0.25) is 0 Å². The van der Waals surface area contributed by atoms with Crippen LogP contribution in [-0.2, 0) is 0 Å². The normalized spacial score (nSPS) is 17.0. The first-order chi connectivity index (χ1) is 12.7. The average Bonchev–Trinajstić information content (AvgIpc) is 2.65. The molecule has 0 saturated heterocycles. The van der Waals surface area contributed by atoms with Gasteiger partial charge in [0.2, 0.25) is 5.96 Å². The Labute approximate surface area is 160 Å². The van der Waals surface area contributed by atoms with E-state index in [9.17, 15) is 13.2 Å². The van der Waals surface area contributed by atoms with Gasteiger partial charge in [-0.25, -0.2) is 0 Å². The van der Waals surface area contributed by atoms with Gasteiger partial charge in [-0.2, -0.15) is 13.2 Å². The van der Waals surface area contributed by atoms with Crippen LogP contribution >= 0.6 is 12.2 Å². The van der Waals surface area contributed by atoms with Gasteiger partial charge in [-0.1, -0.05) is 60.8 Å². The number of nitrogens with zero attached hydrogens (tertiary/aromatic N) is 2. The van der Waals surface area contributed by atoms with Crippen molar-refractivity contribution in [3.63, 3.8) is 0 Å². The molecule has 0 saturated carbocycles. The zero-order chi connectivity index (χ0) is 19.8. The molecule has 2 aromatic carbocycles. The first kappa shape index (κ1) is 19.1. The Bertz CT molecular complexity index is 957. The number of hydrogen-bond acceptors (Lipinski definition) is 2. The summed E-state index contributed by atoms with van der Waals surface area (Å²) in [6.07, 6.45) is -0.559. The molecule has 1 aliphatic rings. The van der Waals surface area contributed by atoms with Gasteiger partial charge in [-0.05, 0) is 17.5 Å². The van der Waals surface area contributed by atoms with E-state index in [-0.39, 0.29) is 16.5 Å². The molecule has 3 rings (SSSR count). The fraction of sp³-hybridized carbons (Fsp3) is 0.200. The molecular formula is C20H18F3N3S. The second-order valence-electron chi connectivity index (χ2n) is 6.26. The lowest BCUT2D eigenvalue weighted by molar-refractivity contribution is -0.143. The van der Waals surface area contributed by atoms with Crippen molar-refractivity contribution in [3.8, 4) is 0 Å². The Kier molecular flexibility index (Phi) is 5.06. The van der Waals surface area contributed by atoms with Crippen molar-refractivity contribution >= 4 is 39.5 Å². The third kappa shape index (κ3) is 3.60. The van der Waals surface area contributed by atoms with E-state index in [0.717, 1.165) is 22.5 Å². The molecule has 0 amide bonds. The zero-order valence-corrected chi connectivity index (χ0v) is 15.6. The van der Waals surface area contributed by atoms with E-state index in [0.29, 0.717) is 0 Å². The van der Waals surface area contributed by atoms with Gasteiger partial charge in [0.25, 0.3) is 0 Å². The number of thiocarbonyl (C=S) groups is 1. The van der Waals surface area contributed by atoms with Crippen LogP contribution in [0.25, 0.3) is 10.8 Å². The van der Waals surface area contributed by atoms with Gasteiger partial charge in [-0.15, -0.1) is 0 Å². The molecule has 27 heavy (non-hydrogen) atoms. The fourth-order valence-corrected chi connectivity index (χ4v) is 3.49. The van der Waals surface area contributed by atoms with Gasteiger partial charge in [-0.3, -0.25) is 5.41 Å². The predicted molar refractivity (Wildman–Crippen MR) is 107 cm³/mol. The molecule has 2 aromatic rings. The Morgan fingerprint density at radius 2 is 1.70 bits per heavy atom. The first-order valence-corrected chi connectivity index (χ1v) is 8.66. The highest BCUT2D eigenvalue weighted by Gasteiger charge is 2.43. The molecule has 7 heteroatoms. The number of guanidine groups is 1. The summed E-state index contributed by atoms with van der Waals surface area (Å²) in [4.78, 5) is 2.78. The molecule has 0 aliphatic heterocycles. The predicted octanol–water partition coefficient (Wildman–Crippen LogP) is 5.14. The van der Waals surface area contributed by atoms with Gasteiger partial charge in [0.15, 0.2) is 0 Å². The second kappa shape index (κ2) is 7.15. The lowest BCUT2D eigenvalue weighted by Gasteiger charge is -2.33. The number of benzene rings is 2.